The number of nitrogens with zero attached hydrogens (tertiary/aromatic N) is 3. The number of halogens is 2. The van der Waals surface area contributed by atoms with E-state index in [2.05, 4.69) is 15.2 Å². The van der Waals surface area contributed by atoms with Crippen molar-refractivity contribution in [2.24, 2.45) is 11.7 Å². The third-order valence-electron chi connectivity index (χ3n) is 3.28. The molecule has 1 aliphatic carbocycles. The van der Waals surface area contributed by atoms with Gasteiger partial charge in [-0.15, -0.1) is 10.2 Å². The number of primary amides is 1. The summed E-state index contributed by atoms with van der Waals surface area (Å²) < 4.78 is 29.8. The van der Waals surface area contributed by atoms with Gasteiger partial charge in [0.15, 0.2) is 0 Å². The van der Waals surface area contributed by atoms with E-state index in [1.165, 1.54) is 6.20 Å². The smallest absolute Gasteiger partial charge is 0.314 e. The van der Waals surface area contributed by atoms with E-state index in [0.29, 0.717) is 23.5 Å². The SMILES string of the molecule is NC(=O)c1ncc(-c2nnc(C(F)F)o2)cc1CC1CC1. The molecule has 3 rings (SSSR count). The van der Waals surface area contributed by atoms with Crippen LogP contribution >= 0.6 is 0 Å². The van der Waals surface area contributed by atoms with E-state index in [1.54, 1.807) is 6.07 Å². The average Bonchev–Trinajstić information content (AvgIpc) is 3.11. The quantitative estimate of drug-likeness (QED) is 0.911. The summed E-state index contributed by atoms with van der Waals surface area (Å²) in [7, 11) is 0. The summed E-state index contributed by atoms with van der Waals surface area (Å²) in [4.78, 5) is 15.4. The number of pyridine rings is 1. The number of rotatable bonds is 5. The Bertz CT molecular complexity index is 683. The largest absolute Gasteiger partial charge is 0.415 e. The second-order valence-electron chi connectivity index (χ2n) is 4.99. The van der Waals surface area contributed by atoms with E-state index in [9.17, 15) is 13.6 Å². The Morgan fingerprint density at radius 1 is 1.43 bits per heavy atom. The Balaban J connectivity index is 1.96. The molecule has 21 heavy (non-hydrogen) atoms. The van der Waals surface area contributed by atoms with Crippen LogP contribution in [0.4, 0.5) is 8.78 Å². The molecule has 0 radical (unpaired) electrons. The maximum atomic E-state index is 12.5. The van der Waals surface area contributed by atoms with Crippen LogP contribution in [0.5, 0.6) is 0 Å². The lowest BCUT2D eigenvalue weighted by molar-refractivity contribution is 0.0994. The van der Waals surface area contributed by atoms with Crippen LogP contribution in [0.1, 0.15) is 41.2 Å². The van der Waals surface area contributed by atoms with E-state index in [0.717, 1.165) is 12.8 Å². The second-order valence-corrected chi connectivity index (χ2v) is 4.99. The third kappa shape index (κ3) is 2.88. The molecule has 0 saturated heterocycles. The first-order chi connectivity index (χ1) is 10.0. The van der Waals surface area contributed by atoms with E-state index in [1.807, 2.05) is 0 Å². The fourth-order valence-corrected chi connectivity index (χ4v) is 2.08. The van der Waals surface area contributed by atoms with Crippen LogP contribution in [0.3, 0.4) is 0 Å². The van der Waals surface area contributed by atoms with Crippen LogP contribution in [0.2, 0.25) is 0 Å². The van der Waals surface area contributed by atoms with E-state index >= 15 is 0 Å². The highest BCUT2D eigenvalue weighted by atomic mass is 19.3. The first kappa shape index (κ1) is 13.6. The van der Waals surface area contributed by atoms with Gasteiger partial charge in [-0.1, -0.05) is 0 Å². The molecular weight excluding hydrogens is 282 g/mol. The molecule has 1 aliphatic rings. The molecule has 110 valence electrons. The predicted octanol–water partition coefficient (Wildman–Crippen LogP) is 2.12. The van der Waals surface area contributed by atoms with Crippen LogP contribution in [0.25, 0.3) is 11.5 Å². The van der Waals surface area contributed by atoms with Crippen molar-refractivity contribution in [2.45, 2.75) is 25.7 Å². The molecule has 0 unspecified atom stereocenters. The monoisotopic (exact) mass is 294 g/mol. The van der Waals surface area contributed by atoms with Gasteiger partial charge in [0.05, 0.1) is 5.56 Å². The molecule has 0 spiro atoms. The highest BCUT2D eigenvalue weighted by Gasteiger charge is 2.25. The summed E-state index contributed by atoms with van der Waals surface area (Å²) in [6.45, 7) is 0. The summed E-state index contributed by atoms with van der Waals surface area (Å²) in [6.07, 6.45) is 1.36. The van der Waals surface area contributed by atoms with Crippen LogP contribution in [0.15, 0.2) is 16.7 Å². The minimum Gasteiger partial charge on any atom is -0.415 e. The van der Waals surface area contributed by atoms with Crippen molar-refractivity contribution in [3.63, 3.8) is 0 Å². The van der Waals surface area contributed by atoms with Gasteiger partial charge in [-0.25, -0.2) is 4.98 Å². The summed E-state index contributed by atoms with van der Waals surface area (Å²) in [5.74, 6) is -0.894. The van der Waals surface area contributed by atoms with E-state index in [4.69, 9.17) is 10.2 Å². The Morgan fingerprint density at radius 3 is 2.76 bits per heavy atom. The van der Waals surface area contributed by atoms with Gasteiger partial charge in [0.2, 0.25) is 5.89 Å². The number of carbonyl (C=O) groups is 1. The number of aromatic nitrogens is 3. The van der Waals surface area contributed by atoms with Crippen LogP contribution in [0, 0.1) is 5.92 Å². The average molecular weight is 294 g/mol. The van der Waals surface area contributed by atoms with E-state index < -0.39 is 18.2 Å². The van der Waals surface area contributed by atoms with Crippen molar-refractivity contribution in [2.75, 3.05) is 0 Å². The molecule has 2 aromatic heterocycles. The molecule has 8 heteroatoms. The zero-order chi connectivity index (χ0) is 15.0. The standard InChI is InChI=1S/C13H12F2N4O2/c14-10(15)13-19-18-12(21-13)8-4-7(3-6-1-2-6)9(11(16)20)17-5-8/h4-6,10H,1-3H2,(H2,16,20). The van der Waals surface area contributed by atoms with Gasteiger partial charge in [0.25, 0.3) is 11.8 Å². The van der Waals surface area contributed by atoms with Crippen molar-refractivity contribution in [3.8, 4) is 11.5 Å². The van der Waals surface area contributed by atoms with Gasteiger partial charge < -0.3 is 10.2 Å². The van der Waals surface area contributed by atoms with Gasteiger partial charge in [0, 0.05) is 6.20 Å². The molecule has 1 amide bonds. The first-order valence-electron chi connectivity index (χ1n) is 6.45. The van der Waals surface area contributed by atoms with Crippen molar-refractivity contribution < 1.29 is 18.0 Å². The number of alkyl halides is 2. The van der Waals surface area contributed by atoms with Crippen LogP contribution < -0.4 is 5.73 Å². The molecule has 2 N–H and O–H groups in total. The molecule has 6 nitrogen and oxygen atoms in total. The summed E-state index contributed by atoms with van der Waals surface area (Å²) >= 11 is 0. The highest BCUT2D eigenvalue weighted by Crippen LogP contribution is 2.34. The molecule has 2 aromatic rings. The van der Waals surface area contributed by atoms with Crippen molar-refractivity contribution >= 4 is 5.91 Å². The first-order valence-corrected chi connectivity index (χ1v) is 6.45. The summed E-state index contributed by atoms with van der Waals surface area (Å²) in [5, 5.41) is 6.83. The molecular formula is C13H12F2N4O2. The number of nitrogens with two attached hydrogens (primary N) is 1. The molecule has 1 saturated carbocycles. The number of hydrogen-bond acceptors (Lipinski definition) is 5. The van der Waals surface area contributed by atoms with Crippen molar-refractivity contribution in [1.82, 2.24) is 15.2 Å². The highest BCUT2D eigenvalue weighted by molar-refractivity contribution is 5.92. The van der Waals surface area contributed by atoms with Crippen molar-refractivity contribution in [3.05, 3.63) is 29.4 Å². The van der Waals surface area contributed by atoms with Crippen LogP contribution in [-0.2, 0) is 6.42 Å². The van der Waals surface area contributed by atoms with Crippen LogP contribution in [-0.4, -0.2) is 21.1 Å². The normalized spacial score (nSPS) is 14.6. The molecule has 0 bridgehead atoms. The minimum absolute atomic E-state index is 0.0501. The molecule has 0 atom stereocenters. The van der Waals surface area contributed by atoms with Gasteiger partial charge in [-0.3, -0.25) is 4.79 Å². The van der Waals surface area contributed by atoms with Gasteiger partial charge in [0.1, 0.15) is 5.69 Å². The maximum absolute atomic E-state index is 12.5. The molecule has 0 aromatic carbocycles. The van der Waals surface area contributed by atoms with Gasteiger partial charge in [-0.2, -0.15) is 8.78 Å². The topological polar surface area (TPSA) is 94.9 Å². The molecule has 0 aliphatic heterocycles. The molecule has 2 heterocycles. The summed E-state index contributed by atoms with van der Waals surface area (Å²) in [6, 6.07) is 1.65. The third-order valence-corrected chi connectivity index (χ3v) is 3.28. The lowest BCUT2D eigenvalue weighted by Gasteiger charge is -2.06. The fourth-order valence-electron chi connectivity index (χ4n) is 2.08. The fraction of sp³-hybridized carbons (Fsp3) is 0.385. The van der Waals surface area contributed by atoms with E-state index in [-0.39, 0.29) is 11.6 Å². The zero-order valence-corrected chi connectivity index (χ0v) is 10.9. The summed E-state index contributed by atoms with van der Waals surface area (Å²) in [5.41, 5.74) is 6.56. The lowest BCUT2D eigenvalue weighted by atomic mass is 10.0. The van der Waals surface area contributed by atoms with Gasteiger partial charge >= 0.3 is 6.43 Å². The van der Waals surface area contributed by atoms with Crippen molar-refractivity contribution in [1.29, 1.82) is 0 Å². The molecule has 1 fully saturated rings. The maximum Gasteiger partial charge on any atom is 0.314 e. The Morgan fingerprint density at radius 2 is 2.19 bits per heavy atom. The minimum atomic E-state index is -2.82. The Hall–Kier alpha value is -2.38. The lowest BCUT2D eigenvalue weighted by Crippen LogP contribution is -2.16. The predicted molar refractivity (Wildman–Crippen MR) is 67.4 cm³/mol. The number of amides is 1. The number of hydrogen-bond donors (Lipinski definition) is 1. The number of carbonyl (C=O) groups excluding carboxylic acids is 1. The zero-order valence-electron chi connectivity index (χ0n) is 10.9. The Kier molecular flexibility index (Phi) is 3.36. The Labute approximate surface area is 118 Å². The second kappa shape index (κ2) is 5.19. The van der Waals surface area contributed by atoms with Gasteiger partial charge in [-0.05, 0) is 36.8 Å².